The van der Waals surface area contributed by atoms with Gasteiger partial charge in [-0.1, -0.05) is 24.3 Å². The second kappa shape index (κ2) is 8.68. The van der Waals surface area contributed by atoms with E-state index in [1.165, 1.54) is 0 Å². The molecule has 0 bridgehead atoms. The summed E-state index contributed by atoms with van der Waals surface area (Å²) in [5.41, 5.74) is 10.0. The van der Waals surface area contributed by atoms with Crippen molar-refractivity contribution >= 4 is 28.9 Å². The monoisotopic (exact) mass is 430 g/mol. The Morgan fingerprint density at radius 1 is 1.09 bits per heavy atom. The maximum absolute atomic E-state index is 12.6. The molecule has 0 aliphatic carbocycles. The molecule has 32 heavy (non-hydrogen) atoms. The number of pyridine rings is 1. The van der Waals surface area contributed by atoms with Crippen molar-refractivity contribution in [2.75, 3.05) is 24.7 Å². The van der Waals surface area contributed by atoms with Gasteiger partial charge in [0, 0.05) is 31.0 Å². The van der Waals surface area contributed by atoms with Crippen molar-refractivity contribution < 1.29 is 9.53 Å². The highest BCUT2D eigenvalue weighted by Crippen LogP contribution is 2.24. The largest absolute Gasteiger partial charge is 0.397 e. The summed E-state index contributed by atoms with van der Waals surface area (Å²) in [7, 11) is 1.63. The number of hydrogen-bond donors (Lipinski definition) is 3. The third-order valence-electron chi connectivity index (χ3n) is 5.22. The average Bonchev–Trinajstić information content (AvgIpc) is 3.21. The molecule has 0 saturated carbocycles. The van der Waals surface area contributed by atoms with E-state index in [9.17, 15) is 4.79 Å². The Morgan fingerprint density at radius 3 is 2.69 bits per heavy atom. The predicted octanol–water partition coefficient (Wildman–Crippen LogP) is 3.88. The van der Waals surface area contributed by atoms with Crippen molar-refractivity contribution in [1.82, 2.24) is 19.9 Å². The molecule has 0 aliphatic rings. The van der Waals surface area contributed by atoms with Crippen LogP contribution in [0, 0.1) is 0 Å². The minimum absolute atomic E-state index is 0.147. The van der Waals surface area contributed by atoms with Gasteiger partial charge >= 0.3 is 0 Å². The van der Waals surface area contributed by atoms with Crippen LogP contribution in [-0.4, -0.2) is 39.8 Å². The molecular formula is C24H26N6O2. The Labute approximate surface area is 186 Å². The van der Waals surface area contributed by atoms with Crippen LogP contribution in [-0.2, 0) is 4.74 Å². The summed E-state index contributed by atoms with van der Waals surface area (Å²) in [6.45, 7) is 4.26. The van der Waals surface area contributed by atoms with Crippen LogP contribution in [0.25, 0.3) is 16.8 Å². The highest BCUT2D eigenvalue weighted by Gasteiger charge is 2.18. The molecule has 8 heteroatoms. The van der Waals surface area contributed by atoms with E-state index in [1.54, 1.807) is 17.7 Å². The number of carbonyl (C=O) groups excluding carboxylic acids is 1. The second-order valence-corrected chi connectivity index (χ2v) is 8.10. The Morgan fingerprint density at radius 2 is 1.91 bits per heavy atom. The number of nitrogens with one attached hydrogen (secondary N) is 2. The molecule has 2 aromatic heterocycles. The molecular weight excluding hydrogens is 404 g/mol. The van der Waals surface area contributed by atoms with E-state index in [0.717, 1.165) is 16.8 Å². The summed E-state index contributed by atoms with van der Waals surface area (Å²) in [6.07, 6.45) is 1.88. The molecule has 0 saturated heterocycles. The fourth-order valence-corrected chi connectivity index (χ4v) is 3.15. The molecule has 1 amide bonds. The Kier molecular flexibility index (Phi) is 5.79. The van der Waals surface area contributed by atoms with Crippen molar-refractivity contribution in [2.45, 2.75) is 19.4 Å². The second-order valence-electron chi connectivity index (χ2n) is 8.10. The Bertz CT molecular complexity index is 1260. The number of aromatic nitrogens is 3. The lowest BCUT2D eigenvalue weighted by Gasteiger charge is -2.23. The third-order valence-corrected chi connectivity index (χ3v) is 5.22. The number of anilines is 3. The number of rotatable bonds is 7. The normalized spacial score (nSPS) is 11.5. The van der Waals surface area contributed by atoms with Gasteiger partial charge in [-0.05, 0) is 55.8 Å². The van der Waals surface area contributed by atoms with Crippen LogP contribution in [0.2, 0.25) is 0 Å². The van der Waals surface area contributed by atoms with E-state index in [1.807, 2.05) is 74.6 Å². The van der Waals surface area contributed by atoms with Gasteiger partial charge < -0.3 is 21.1 Å². The molecule has 0 fully saturated rings. The topological polar surface area (TPSA) is 107 Å². The zero-order valence-corrected chi connectivity index (χ0v) is 18.3. The van der Waals surface area contributed by atoms with Crippen LogP contribution in [0.3, 0.4) is 0 Å². The van der Waals surface area contributed by atoms with Crippen LogP contribution in [0.5, 0.6) is 0 Å². The van der Waals surface area contributed by atoms with E-state index in [-0.39, 0.29) is 5.91 Å². The van der Waals surface area contributed by atoms with Gasteiger partial charge in [-0.2, -0.15) is 4.98 Å². The Balaban J connectivity index is 1.55. The number of ether oxygens (including phenoxy) is 1. The molecule has 4 N–H and O–H groups in total. The highest BCUT2D eigenvalue weighted by atomic mass is 16.5. The van der Waals surface area contributed by atoms with Crippen molar-refractivity contribution in [3.8, 4) is 11.1 Å². The van der Waals surface area contributed by atoms with E-state index >= 15 is 0 Å². The average molecular weight is 431 g/mol. The smallest absolute Gasteiger partial charge is 0.251 e. The first-order chi connectivity index (χ1) is 15.3. The van der Waals surface area contributed by atoms with Gasteiger partial charge in [0.2, 0.25) is 5.95 Å². The zero-order valence-electron chi connectivity index (χ0n) is 18.3. The van der Waals surface area contributed by atoms with Crippen LogP contribution in [0.15, 0.2) is 66.9 Å². The summed E-state index contributed by atoms with van der Waals surface area (Å²) < 4.78 is 7.06. The first-order valence-electron chi connectivity index (χ1n) is 10.3. The minimum atomic E-state index is -0.429. The van der Waals surface area contributed by atoms with Gasteiger partial charge in [-0.25, -0.2) is 4.52 Å². The number of nitrogens with two attached hydrogens (primary N) is 1. The number of carbonyl (C=O) groups is 1. The van der Waals surface area contributed by atoms with Gasteiger partial charge in [0.1, 0.15) is 0 Å². The van der Waals surface area contributed by atoms with Crippen LogP contribution < -0.4 is 16.4 Å². The molecule has 0 aliphatic heterocycles. The lowest BCUT2D eigenvalue weighted by molar-refractivity contribution is 0.0229. The lowest BCUT2D eigenvalue weighted by atomic mass is 10.0. The number of amides is 1. The molecule has 4 aromatic rings. The summed E-state index contributed by atoms with van der Waals surface area (Å²) >= 11 is 0. The molecule has 2 aromatic carbocycles. The number of para-hydroxylation sites is 2. The number of nitrogens with zero attached hydrogens (tertiary/aromatic N) is 3. The van der Waals surface area contributed by atoms with E-state index in [0.29, 0.717) is 29.4 Å². The van der Waals surface area contributed by atoms with Crippen LogP contribution >= 0.6 is 0 Å². The van der Waals surface area contributed by atoms with Gasteiger partial charge in [-0.15, -0.1) is 5.10 Å². The van der Waals surface area contributed by atoms with Crippen LogP contribution in [0.1, 0.15) is 24.2 Å². The summed E-state index contributed by atoms with van der Waals surface area (Å²) in [5.74, 6) is 0.305. The lowest BCUT2D eigenvalue weighted by Crippen LogP contribution is -2.39. The fourth-order valence-electron chi connectivity index (χ4n) is 3.15. The first kappa shape index (κ1) is 21.3. The molecule has 2 heterocycles. The van der Waals surface area contributed by atoms with Crippen molar-refractivity contribution in [3.63, 3.8) is 0 Å². The Hall–Kier alpha value is -3.91. The standard InChI is InChI=1S/C24H26N6O2/c1-24(2,32-3)15-26-22(31)17-8-6-7-16(13-17)18-11-12-21-28-23(29-30(21)14-18)27-20-10-5-4-9-19(20)25/h4-14H,15,25H2,1-3H3,(H,26,31)(H,27,29). The van der Waals surface area contributed by atoms with Crippen molar-refractivity contribution in [1.29, 1.82) is 0 Å². The van der Waals surface area contributed by atoms with E-state index in [2.05, 4.69) is 20.7 Å². The quantitative estimate of drug-likeness (QED) is 0.384. The molecule has 0 radical (unpaired) electrons. The summed E-state index contributed by atoms with van der Waals surface area (Å²) in [5, 5.41) is 10.6. The SMILES string of the molecule is COC(C)(C)CNC(=O)c1cccc(-c2ccc3nc(Nc4ccccc4N)nn3c2)c1. The van der Waals surface area contributed by atoms with Gasteiger partial charge in [0.25, 0.3) is 5.91 Å². The summed E-state index contributed by atoms with van der Waals surface area (Å²) in [4.78, 5) is 17.1. The first-order valence-corrected chi connectivity index (χ1v) is 10.3. The molecule has 0 unspecified atom stereocenters. The number of methoxy groups -OCH3 is 1. The van der Waals surface area contributed by atoms with E-state index < -0.39 is 5.60 Å². The number of fused-ring (bicyclic) bond motifs is 1. The third kappa shape index (κ3) is 4.70. The van der Waals surface area contributed by atoms with Gasteiger partial charge in [0.15, 0.2) is 5.65 Å². The maximum Gasteiger partial charge on any atom is 0.251 e. The van der Waals surface area contributed by atoms with Gasteiger partial charge in [-0.3, -0.25) is 4.79 Å². The molecule has 4 rings (SSSR count). The number of nitrogen functional groups attached to an aromatic ring is 1. The fraction of sp³-hybridized carbons (Fsp3) is 0.208. The molecule has 0 spiro atoms. The van der Waals surface area contributed by atoms with E-state index in [4.69, 9.17) is 10.5 Å². The summed E-state index contributed by atoms with van der Waals surface area (Å²) in [6, 6.07) is 18.8. The predicted molar refractivity (Wildman–Crippen MR) is 126 cm³/mol. The number of benzene rings is 2. The van der Waals surface area contributed by atoms with Crippen molar-refractivity contribution in [3.05, 3.63) is 72.4 Å². The van der Waals surface area contributed by atoms with Gasteiger partial charge in [0.05, 0.1) is 17.0 Å². The highest BCUT2D eigenvalue weighted by molar-refractivity contribution is 5.95. The van der Waals surface area contributed by atoms with Crippen LogP contribution in [0.4, 0.5) is 17.3 Å². The molecule has 164 valence electrons. The molecule has 0 atom stereocenters. The molecule has 8 nitrogen and oxygen atoms in total. The number of hydrogen-bond acceptors (Lipinski definition) is 6. The zero-order chi connectivity index (χ0) is 22.7. The minimum Gasteiger partial charge on any atom is -0.397 e. The van der Waals surface area contributed by atoms with Crippen molar-refractivity contribution in [2.24, 2.45) is 0 Å². The maximum atomic E-state index is 12.6.